The van der Waals surface area contributed by atoms with Gasteiger partial charge in [0, 0.05) is 18.6 Å². The van der Waals surface area contributed by atoms with Crippen molar-refractivity contribution in [3.8, 4) is 0 Å². The predicted molar refractivity (Wildman–Crippen MR) is 110 cm³/mol. The van der Waals surface area contributed by atoms with Crippen LogP contribution in [0.2, 0.25) is 0 Å². The maximum Gasteiger partial charge on any atom is 0.243 e. The van der Waals surface area contributed by atoms with Gasteiger partial charge in [-0.15, -0.1) is 0 Å². The van der Waals surface area contributed by atoms with E-state index < -0.39 is 5.92 Å². The maximum absolute atomic E-state index is 13.2. The minimum Gasteiger partial charge on any atom is -0.375 e. The number of likely N-dealkylation sites (tertiary alicyclic amines) is 1. The van der Waals surface area contributed by atoms with Crippen molar-refractivity contribution in [3.63, 3.8) is 0 Å². The van der Waals surface area contributed by atoms with E-state index in [1.807, 2.05) is 54.6 Å². The summed E-state index contributed by atoms with van der Waals surface area (Å²) in [6.45, 7) is 0.795. The molecule has 1 aliphatic rings. The van der Waals surface area contributed by atoms with Crippen LogP contribution in [0.3, 0.4) is 0 Å². The van der Waals surface area contributed by atoms with Gasteiger partial charge in [0.15, 0.2) is 0 Å². The molecule has 0 saturated carbocycles. The third kappa shape index (κ3) is 4.27. The van der Waals surface area contributed by atoms with Gasteiger partial charge in [-0.25, -0.2) is 0 Å². The minimum absolute atomic E-state index is 0.0620. The van der Waals surface area contributed by atoms with E-state index >= 15 is 0 Å². The monoisotopic (exact) mass is 446 g/mol. The summed E-state index contributed by atoms with van der Waals surface area (Å²) in [6.07, 6.45) is 0. The lowest BCUT2D eigenvalue weighted by Crippen LogP contribution is -2.66. The van der Waals surface area contributed by atoms with Crippen molar-refractivity contribution < 1.29 is 19.1 Å². The Bertz CT molecular complexity index is 830. The molecule has 6 nitrogen and oxygen atoms in total. The Morgan fingerprint density at radius 1 is 1.14 bits per heavy atom. The number of carbonyl (C=O) groups is 2. The van der Waals surface area contributed by atoms with E-state index in [4.69, 9.17) is 9.47 Å². The summed E-state index contributed by atoms with van der Waals surface area (Å²) in [5, 5.41) is 0. The number of rotatable bonds is 8. The molecule has 2 aromatic rings. The molecule has 0 aromatic heterocycles. The number of nitrogens with zero attached hydrogens (tertiary/aromatic N) is 2. The van der Waals surface area contributed by atoms with Crippen molar-refractivity contribution in [1.82, 2.24) is 4.90 Å². The molecule has 0 N–H and O–H groups in total. The largest absolute Gasteiger partial charge is 0.375 e. The van der Waals surface area contributed by atoms with Gasteiger partial charge in [-0.3, -0.25) is 14.5 Å². The summed E-state index contributed by atoms with van der Waals surface area (Å²) in [6, 6.07) is 16.9. The van der Waals surface area contributed by atoms with Crippen LogP contribution in [0.4, 0.5) is 5.69 Å². The Morgan fingerprint density at radius 2 is 1.82 bits per heavy atom. The Balaban J connectivity index is 1.70. The lowest BCUT2D eigenvalue weighted by Gasteiger charge is -2.45. The van der Waals surface area contributed by atoms with Gasteiger partial charge in [0.25, 0.3) is 0 Å². The molecule has 0 spiro atoms. The Labute approximate surface area is 173 Å². The van der Waals surface area contributed by atoms with Crippen molar-refractivity contribution in [3.05, 3.63) is 64.6 Å². The second-order valence-electron chi connectivity index (χ2n) is 6.63. The number of anilines is 1. The highest BCUT2D eigenvalue weighted by Crippen LogP contribution is 2.32. The summed E-state index contributed by atoms with van der Waals surface area (Å²) in [7, 11) is 3.22. The first-order chi connectivity index (χ1) is 13.5. The van der Waals surface area contributed by atoms with Gasteiger partial charge in [0.1, 0.15) is 12.6 Å². The summed E-state index contributed by atoms with van der Waals surface area (Å²) in [4.78, 5) is 28.7. The predicted octanol–water partition coefficient (Wildman–Crippen LogP) is 3.06. The van der Waals surface area contributed by atoms with Gasteiger partial charge >= 0.3 is 0 Å². The molecule has 0 bridgehead atoms. The third-order valence-electron chi connectivity index (χ3n) is 4.83. The van der Waals surface area contributed by atoms with E-state index in [0.29, 0.717) is 18.9 Å². The van der Waals surface area contributed by atoms with Crippen LogP contribution in [0, 0.1) is 5.92 Å². The highest BCUT2D eigenvalue weighted by Gasteiger charge is 2.51. The number of methoxy groups -OCH3 is 1. The van der Waals surface area contributed by atoms with Crippen LogP contribution >= 0.6 is 15.9 Å². The summed E-state index contributed by atoms with van der Waals surface area (Å²) < 4.78 is 11.8. The molecular formula is C21H23BrN2O4. The number of halogens is 1. The molecule has 3 rings (SSSR count). The van der Waals surface area contributed by atoms with Gasteiger partial charge in [-0.05, 0) is 33.6 Å². The average molecular weight is 447 g/mol. The maximum atomic E-state index is 13.2. The number of benzene rings is 2. The second-order valence-corrected chi connectivity index (χ2v) is 7.48. The smallest absolute Gasteiger partial charge is 0.243 e. The number of hydrogen-bond acceptors (Lipinski definition) is 4. The second kappa shape index (κ2) is 9.32. The number of hydrogen-bond donors (Lipinski definition) is 0. The lowest BCUT2D eigenvalue weighted by atomic mass is 9.87. The molecule has 0 unspecified atom stereocenters. The summed E-state index contributed by atoms with van der Waals surface area (Å²) in [5.74, 6) is -1.26. The van der Waals surface area contributed by atoms with Crippen molar-refractivity contribution in [2.75, 3.05) is 32.4 Å². The van der Waals surface area contributed by atoms with E-state index in [9.17, 15) is 9.59 Å². The topological polar surface area (TPSA) is 59.1 Å². The molecule has 2 amide bonds. The van der Waals surface area contributed by atoms with Crippen molar-refractivity contribution >= 4 is 33.4 Å². The van der Waals surface area contributed by atoms with Crippen LogP contribution in [-0.2, 0) is 25.7 Å². The van der Waals surface area contributed by atoms with E-state index in [0.717, 1.165) is 10.0 Å². The van der Waals surface area contributed by atoms with Crippen LogP contribution in [0.5, 0.6) is 0 Å². The standard InChI is InChI=1S/C21H23BrN2O4/c1-23-18(13-28-12-15-8-4-3-5-9-15)19(20(23)25)21(26)24(14-27-2)17-11-7-6-10-16(17)22/h3-11,18-19H,12-14H2,1-2H3/t18-,19-/m0/s1. The van der Waals surface area contributed by atoms with Gasteiger partial charge in [-0.1, -0.05) is 42.5 Å². The van der Waals surface area contributed by atoms with Crippen LogP contribution in [-0.4, -0.2) is 50.3 Å². The van der Waals surface area contributed by atoms with Crippen molar-refractivity contribution in [2.45, 2.75) is 12.6 Å². The highest BCUT2D eigenvalue weighted by molar-refractivity contribution is 9.10. The van der Waals surface area contributed by atoms with Crippen LogP contribution in [0.25, 0.3) is 0 Å². The first kappa shape index (κ1) is 20.5. The molecule has 0 radical (unpaired) electrons. The number of ether oxygens (including phenoxy) is 2. The summed E-state index contributed by atoms with van der Waals surface area (Å²) in [5.41, 5.74) is 1.72. The Kier molecular flexibility index (Phi) is 6.83. The molecule has 7 heteroatoms. The van der Waals surface area contributed by atoms with Crippen molar-refractivity contribution in [1.29, 1.82) is 0 Å². The Morgan fingerprint density at radius 3 is 2.50 bits per heavy atom. The fourth-order valence-electron chi connectivity index (χ4n) is 3.26. The fourth-order valence-corrected chi connectivity index (χ4v) is 3.76. The van der Waals surface area contributed by atoms with E-state index in [2.05, 4.69) is 15.9 Å². The molecule has 0 aliphatic carbocycles. The van der Waals surface area contributed by atoms with Gasteiger partial charge in [0.05, 0.1) is 24.9 Å². The quantitative estimate of drug-likeness (QED) is 0.355. The average Bonchev–Trinajstić information content (AvgIpc) is 2.72. The molecule has 2 aromatic carbocycles. The van der Waals surface area contributed by atoms with Crippen molar-refractivity contribution in [2.24, 2.45) is 5.92 Å². The molecule has 1 fully saturated rings. The number of carbonyl (C=O) groups excluding carboxylic acids is 2. The highest BCUT2D eigenvalue weighted by atomic mass is 79.9. The number of likely N-dealkylation sites (N-methyl/N-ethyl adjacent to an activating group) is 1. The number of β-lactam (4-membered cyclic amide) rings is 1. The Hall–Kier alpha value is -2.22. The molecule has 2 atom stereocenters. The zero-order valence-corrected chi connectivity index (χ0v) is 17.5. The fraction of sp³-hybridized carbons (Fsp3) is 0.333. The van der Waals surface area contributed by atoms with E-state index in [-0.39, 0.29) is 24.6 Å². The van der Waals surface area contributed by atoms with Gasteiger partial charge < -0.3 is 14.4 Å². The first-order valence-electron chi connectivity index (χ1n) is 8.97. The normalized spacial score (nSPS) is 18.7. The van der Waals surface area contributed by atoms with Crippen LogP contribution in [0.1, 0.15) is 5.56 Å². The van der Waals surface area contributed by atoms with Crippen LogP contribution < -0.4 is 4.90 Å². The molecule has 148 valence electrons. The molecule has 28 heavy (non-hydrogen) atoms. The first-order valence-corrected chi connectivity index (χ1v) is 9.77. The molecule has 1 saturated heterocycles. The number of para-hydroxylation sites is 1. The molecule has 1 heterocycles. The van der Waals surface area contributed by atoms with E-state index in [1.165, 1.54) is 12.0 Å². The zero-order chi connectivity index (χ0) is 20.1. The minimum atomic E-state index is -0.775. The third-order valence-corrected chi connectivity index (χ3v) is 5.50. The van der Waals surface area contributed by atoms with Crippen LogP contribution in [0.15, 0.2) is 59.1 Å². The van der Waals surface area contributed by atoms with E-state index in [1.54, 1.807) is 11.9 Å². The lowest BCUT2D eigenvalue weighted by molar-refractivity contribution is -0.163. The molecular weight excluding hydrogens is 424 g/mol. The molecule has 1 aliphatic heterocycles. The van der Waals surface area contributed by atoms with Gasteiger partial charge in [-0.2, -0.15) is 0 Å². The zero-order valence-electron chi connectivity index (χ0n) is 15.9. The van der Waals surface area contributed by atoms with Gasteiger partial charge in [0.2, 0.25) is 11.8 Å². The SMILES string of the molecule is COCN(C(=O)[C@@H]1C(=O)N(C)[C@H]1COCc1ccccc1)c1ccccc1Br. The summed E-state index contributed by atoms with van der Waals surface area (Å²) >= 11 is 3.46. The number of amides is 2.